The van der Waals surface area contributed by atoms with E-state index in [0.717, 1.165) is 39.3 Å². The van der Waals surface area contributed by atoms with Gasteiger partial charge >= 0.3 is 0 Å². The van der Waals surface area contributed by atoms with Gasteiger partial charge in [-0.1, -0.05) is 54.6 Å². The molecule has 0 N–H and O–H groups in total. The van der Waals surface area contributed by atoms with Crippen molar-refractivity contribution in [2.45, 2.75) is 27.7 Å². The van der Waals surface area contributed by atoms with Crippen molar-refractivity contribution in [3.63, 3.8) is 0 Å². The summed E-state index contributed by atoms with van der Waals surface area (Å²) in [5.74, 6) is 3.46. The fourth-order valence-electron chi connectivity index (χ4n) is 4.24. The first-order valence-corrected chi connectivity index (χ1v) is 15.0. The largest absolute Gasteiger partial charge is 0.497 e. The van der Waals surface area contributed by atoms with Gasteiger partial charge in [-0.25, -0.2) is 0 Å². The number of carbonyl (C=O) groups is 4. The number of benzene rings is 5. The van der Waals surface area contributed by atoms with Crippen molar-refractivity contribution >= 4 is 33.9 Å². The number of methoxy groups -OCH3 is 4. The van der Waals surface area contributed by atoms with Crippen LogP contribution in [0.4, 0.5) is 0 Å². The first-order chi connectivity index (χ1) is 22.9. The predicted molar refractivity (Wildman–Crippen MR) is 189 cm³/mol. The van der Waals surface area contributed by atoms with E-state index < -0.39 is 0 Å². The molecule has 0 spiro atoms. The topological polar surface area (TPSA) is 105 Å². The molecule has 0 unspecified atom stereocenters. The number of Topliss-reactive ketones (excluding diaryl/α,β-unsaturated/α-hetero) is 4. The number of rotatable bonds is 8. The quantitative estimate of drug-likeness (QED) is 0.154. The Balaban J connectivity index is 0.000000225. The zero-order valence-corrected chi connectivity index (χ0v) is 28.7. The van der Waals surface area contributed by atoms with E-state index in [-0.39, 0.29) is 23.1 Å². The Morgan fingerprint density at radius 2 is 0.708 bits per heavy atom. The molecule has 0 heterocycles. The van der Waals surface area contributed by atoms with Crippen LogP contribution in [0, 0.1) is 0 Å². The molecule has 5 aromatic rings. The third kappa shape index (κ3) is 11.9. The monoisotopic (exact) mass is 650 g/mol. The van der Waals surface area contributed by atoms with Gasteiger partial charge in [0.05, 0.1) is 28.4 Å². The number of ether oxygens (including phenoxy) is 4. The van der Waals surface area contributed by atoms with E-state index in [4.69, 9.17) is 18.9 Å². The summed E-state index contributed by atoms with van der Waals surface area (Å²) in [6, 6.07) is 32.6. The number of fused-ring (bicyclic) bond motifs is 1. The van der Waals surface area contributed by atoms with E-state index in [9.17, 15) is 19.2 Å². The number of hydrogen-bond donors (Lipinski definition) is 0. The van der Waals surface area contributed by atoms with Crippen LogP contribution in [0.15, 0.2) is 109 Å². The van der Waals surface area contributed by atoms with Gasteiger partial charge in [-0.3, -0.25) is 19.2 Å². The fraction of sp³-hybridized carbons (Fsp3) is 0.200. The molecule has 5 aromatic carbocycles. The maximum absolute atomic E-state index is 11.4. The van der Waals surface area contributed by atoms with E-state index in [1.807, 2.05) is 60.7 Å². The lowest BCUT2D eigenvalue weighted by Gasteiger charge is -2.07. The van der Waals surface area contributed by atoms with Crippen LogP contribution < -0.4 is 18.9 Å². The van der Waals surface area contributed by atoms with Crippen molar-refractivity contribution in [2.75, 3.05) is 28.4 Å². The van der Waals surface area contributed by atoms with Gasteiger partial charge in [-0.2, -0.15) is 0 Å². The van der Waals surface area contributed by atoms with Crippen molar-refractivity contribution in [3.05, 3.63) is 131 Å². The lowest BCUT2D eigenvalue weighted by atomic mass is 10.0. The lowest BCUT2D eigenvalue weighted by molar-refractivity contribution is 0.100. The standard InChI is InChI=1S/C13H12O2.C10H10O2.C9H10O2.C8H10O2/c1-9(14)10-5-3-7-12-11(10)6-4-8-13(12)15-2;1-7(11)9-3-5-10(6-4-9)8(2)12;1-7(10)8-3-5-9(11-2)6-4-8;1-9-7-3-5-8(10-2)6-4-7/h3-8H,1-2H3;3-6H,1-2H3;3-6H,1-2H3;3-6H,1-2H3. The minimum Gasteiger partial charge on any atom is -0.497 e. The predicted octanol–water partition coefficient (Wildman–Crippen LogP) is 8.74. The molecule has 0 radical (unpaired) electrons. The summed E-state index contributed by atoms with van der Waals surface area (Å²) >= 11 is 0. The lowest BCUT2D eigenvalue weighted by Crippen LogP contribution is -1.95. The molecule has 0 amide bonds. The van der Waals surface area contributed by atoms with Crippen molar-refractivity contribution in [1.82, 2.24) is 0 Å². The molecular weight excluding hydrogens is 608 g/mol. The Labute approximate surface area is 282 Å². The molecule has 0 fully saturated rings. The highest BCUT2D eigenvalue weighted by Crippen LogP contribution is 2.27. The van der Waals surface area contributed by atoms with Gasteiger partial charge in [0.25, 0.3) is 0 Å². The van der Waals surface area contributed by atoms with Crippen LogP contribution in [-0.2, 0) is 0 Å². The number of ketones is 4. The Hall–Kier alpha value is -5.76. The molecule has 8 nitrogen and oxygen atoms in total. The zero-order valence-electron chi connectivity index (χ0n) is 28.7. The Kier molecular flexibility index (Phi) is 15.8. The fourth-order valence-corrected chi connectivity index (χ4v) is 4.24. The highest BCUT2D eigenvalue weighted by molar-refractivity contribution is 6.08. The normalized spacial score (nSPS) is 9.58. The van der Waals surface area contributed by atoms with Crippen LogP contribution in [0.1, 0.15) is 69.1 Å². The SMILES string of the molecule is CC(=O)c1ccc(C(C)=O)cc1.COc1ccc(C(C)=O)cc1.COc1ccc(OC)cc1.COc1cccc2c(C(C)=O)cccc12. The van der Waals surface area contributed by atoms with Gasteiger partial charge in [-0.15, -0.1) is 0 Å². The van der Waals surface area contributed by atoms with Crippen LogP contribution in [0.25, 0.3) is 10.8 Å². The maximum Gasteiger partial charge on any atom is 0.160 e. The van der Waals surface area contributed by atoms with E-state index in [1.165, 1.54) is 13.8 Å². The second kappa shape index (κ2) is 19.7. The molecule has 0 aliphatic rings. The molecule has 48 heavy (non-hydrogen) atoms. The third-order valence-corrected chi connectivity index (χ3v) is 6.97. The summed E-state index contributed by atoms with van der Waals surface area (Å²) in [5.41, 5.74) is 2.73. The molecule has 0 saturated heterocycles. The van der Waals surface area contributed by atoms with E-state index in [1.54, 1.807) is 90.8 Å². The molecule has 8 heteroatoms. The maximum atomic E-state index is 11.4. The molecule has 5 rings (SSSR count). The zero-order chi connectivity index (χ0) is 35.6. The van der Waals surface area contributed by atoms with Gasteiger partial charge in [0.2, 0.25) is 0 Å². The van der Waals surface area contributed by atoms with Crippen LogP contribution in [0.3, 0.4) is 0 Å². The molecule has 0 atom stereocenters. The molecule has 0 aliphatic carbocycles. The summed E-state index contributed by atoms with van der Waals surface area (Å²) in [4.78, 5) is 43.9. The first kappa shape index (κ1) is 38.4. The highest BCUT2D eigenvalue weighted by Gasteiger charge is 2.07. The second-order valence-corrected chi connectivity index (χ2v) is 10.3. The van der Waals surface area contributed by atoms with Crippen molar-refractivity contribution in [1.29, 1.82) is 0 Å². The Morgan fingerprint density at radius 1 is 0.375 bits per heavy atom. The van der Waals surface area contributed by atoms with Crippen LogP contribution in [0.5, 0.6) is 23.0 Å². The highest BCUT2D eigenvalue weighted by atomic mass is 16.5. The number of carbonyl (C=O) groups excluding carboxylic acids is 4. The van der Waals surface area contributed by atoms with Gasteiger partial charge in [0.1, 0.15) is 23.0 Å². The van der Waals surface area contributed by atoms with Crippen LogP contribution in [-0.4, -0.2) is 51.6 Å². The smallest absolute Gasteiger partial charge is 0.160 e. The van der Waals surface area contributed by atoms with Gasteiger partial charge in [-0.05, 0) is 87.7 Å². The molecular formula is C40H42O8. The molecule has 0 aliphatic heterocycles. The first-order valence-electron chi connectivity index (χ1n) is 15.0. The summed E-state index contributed by atoms with van der Waals surface area (Å²) in [6.07, 6.45) is 0. The summed E-state index contributed by atoms with van der Waals surface area (Å²) < 4.78 is 20.1. The summed E-state index contributed by atoms with van der Waals surface area (Å²) in [6.45, 7) is 6.13. The Morgan fingerprint density at radius 3 is 1.04 bits per heavy atom. The summed E-state index contributed by atoms with van der Waals surface area (Å²) in [5, 5.41) is 1.93. The minimum atomic E-state index is 0.0186. The van der Waals surface area contributed by atoms with Gasteiger partial charge < -0.3 is 18.9 Å². The molecule has 0 bridgehead atoms. The third-order valence-electron chi connectivity index (χ3n) is 6.97. The van der Waals surface area contributed by atoms with Crippen molar-refractivity contribution in [3.8, 4) is 23.0 Å². The van der Waals surface area contributed by atoms with Crippen LogP contribution in [0.2, 0.25) is 0 Å². The van der Waals surface area contributed by atoms with E-state index >= 15 is 0 Å². The Bertz CT molecular complexity index is 1730. The van der Waals surface area contributed by atoms with E-state index in [2.05, 4.69) is 0 Å². The minimum absolute atomic E-state index is 0.0186. The second-order valence-electron chi connectivity index (χ2n) is 10.3. The average molecular weight is 651 g/mol. The molecule has 0 saturated carbocycles. The van der Waals surface area contributed by atoms with Gasteiger partial charge in [0.15, 0.2) is 23.1 Å². The van der Waals surface area contributed by atoms with Crippen molar-refractivity contribution in [2.24, 2.45) is 0 Å². The van der Waals surface area contributed by atoms with Crippen molar-refractivity contribution < 1.29 is 38.1 Å². The van der Waals surface area contributed by atoms with E-state index in [0.29, 0.717) is 16.7 Å². The molecule has 250 valence electrons. The summed E-state index contributed by atoms with van der Waals surface area (Å²) in [7, 11) is 6.52. The van der Waals surface area contributed by atoms with Gasteiger partial charge in [0, 0.05) is 27.6 Å². The molecule has 0 aromatic heterocycles. The van der Waals surface area contributed by atoms with Crippen LogP contribution >= 0.6 is 0 Å². The number of hydrogen-bond acceptors (Lipinski definition) is 8. The average Bonchev–Trinajstić information content (AvgIpc) is 3.11.